The van der Waals surface area contributed by atoms with E-state index in [1.165, 1.54) is 64.8 Å². The molecule has 5 aromatic carbocycles. The van der Waals surface area contributed by atoms with Gasteiger partial charge in [-0.3, -0.25) is 0 Å². The van der Waals surface area contributed by atoms with Crippen molar-refractivity contribution >= 4 is 75.3 Å². The molecule has 4 heteroatoms. The molecule has 3 nitrogen and oxygen atoms in total. The first-order valence-corrected chi connectivity index (χ1v) is 14.0. The predicted octanol–water partition coefficient (Wildman–Crippen LogP) is 9.64. The van der Waals surface area contributed by atoms with Crippen LogP contribution < -0.4 is 0 Å². The van der Waals surface area contributed by atoms with E-state index in [0.29, 0.717) is 0 Å². The van der Waals surface area contributed by atoms with Gasteiger partial charge in [0, 0.05) is 54.6 Å². The Morgan fingerprint density at radius 2 is 1.13 bits per heavy atom. The summed E-state index contributed by atoms with van der Waals surface area (Å²) >= 11 is 1.77. The van der Waals surface area contributed by atoms with Crippen molar-refractivity contribution in [2.45, 2.75) is 0 Å². The van der Waals surface area contributed by atoms with Crippen molar-refractivity contribution in [2.24, 2.45) is 0 Å². The minimum Gasteiger partial charge on any atom is -0.309 e. The third-order valence-electron chi connectivity index (χ3n) is 7.97. The van der Waals surface area contributed by atoms with Gasteiger partial charge in [0.25, 0.3) is 0 Å². The highest BCUT2D eigenvalue weighted by Crippen LogP contribution is 2.42. The maximum atomic E-state index is 4.93. The Labute approximate surface area is 227 Å². The molecular formula is C35H21N3S. The van der Waals surface area contributed by atoms with Gasteiger partial charge in [-0.1, -0.05) is 72.8 Å². The molecule has 0 aliphatic heterocycles. The van der Waals surface area contributed by atoms with Crippen LogP contribution in [-0.4, -0.2) is 14.1 Å². The number of hydrogen-bond donors (Lipinski definition) is 0. The number of hydrogen-bond acceptors (Lipinski definition) is 2. The topological polar surface area (TPSA) is 22.8 Å². The molecule has 4 heterocycles. The molecule has 0 atom stereocenters. The first kappa shape index (κ1) is 21.1. The summed E-state index contributed by atoms with van der Waals surface area (Å²) in [6, 6.07) is 43.6. The molecule has 0 saturated carbocycles. The van der Waals surface area contributed by atoms with E-state index in [0.717, 1.165) is 10.5 Å². The zero-order chi connectivity index (χ0) is 25.5. The van der Waals surface area contributed by atoms with E-state index < -0.39 is 0 Å². The second kappa shape index (κ2) is 7.79. The Balaban J connectivity index is 1.44. The summed E-state index contributed by atoms with van der Waals surface area (Å²) < 4.78 is 6.09. The molecule has 0 amide bonds. The molecule has 0 aliphatic rings. The van der Waals surface area contributed by atoms with E-state index in [-0.39, 0.29) is 0 Å². The molecule has 4 aromatic heterocycles. The van der Waals surface area contributed by atoms with Crippen molar-refractivity contribution < 1.29 is 0 Å². The molecule has 0 aliphatic carbocycles. The maximum Gasteiger partial charge on any atom is 0.126 e. The fourth-order valence-electron chi connectivity index (χ4n) is 6.34. The molecule has 39 heavy (non-hydrogen) atoms. The van der Waals surface area contributed by atoms with Crippen molar-refractivity contribution in [2.75, 3.05) is 0 Å². The maximum absolute atomic E-state index is 4.93. The minimum absolute atomic E-state index is 1.08. The van der Waals surface area contributed by atoms with Crippen LogP contribution in [0.5, 0.6) is 0 Å². The van der Waals surface area contributed by atoms with Crippen molar-refractivity contribution in [1.29, 1.82) is 0 Å². The van der Waals surface area contributed by atoms with Crippen LogP contribution in [0, 0.1) is 0 Å². The molecule has 0 fully saturated rings. The summed E-state index contributed by atoms with van der Waals surface area (Å²) in [6.45, 7) is 0. The Morgan fingerprint density at radius 1 is 0.487 bits per heavy atom. The van der Waals surface area contributed by atoms with Gasteiger partial charge in [0.15, 0.2) is 0 Å². The fourth-order valence-corrected chi connectivity index (χ4v) is 7.39. The van der Waals surface area contributed by atoms with Gasteiger partial charge in [-0.05, 0) is 48.5 Å². The largest absolute Gasteiger partial charge is 0.309 e. The summed E-state index contributed by atoms with van der Waals surface area (Å²) in [5, 5.41) is 7.42. The number of pyridine rings is 1. The van der Waals surface area contributed by atoms with Gasteiger partial charge in [0.1, 0.15) is 4.83 Å². The zero-order valence-electron chi connectivity index (χ0n) is 20.9. The molecule has 182 valence electrons. The third kappa shape index (κ3) is 2.84. The monoisotopic (exact) mass is 515 g/mol. The van der Waals surface area contributed by atoms with Gasteiger partial charge in [-0.25, -0.2) is 4.98 Å². The first-order chi connectivity index (χ1) is 19.4. The Kier molecular flexibility index (Phi) is 4.21. The molecule has 0 bridgehead atoms. The third-order valence-corrected chi connectivity index (χ3v) is 9.05. The number of rotatable bonds is 2. The second-order valence-corrected chi connectivity index (χ2v) is 11.1. The normalized spacial score (nSPS) is 12.1. The van der Waals surface area contributed by atoms with Crippen LogP contribution in [0.1, 0.15) is 0 Å². The van der Waals surface area contributed by atoms with Gasteiger partial charge in [-0.15, -0.1) is 11.3 Å². The lowest BCUT2D eigenvalue weighted by Crippen LogP contribution is -1.96. The standard InChI is InChI=1S/C35H21N3S/c1-2-10-22(11-3-1)37-29-15-7-4-12-24(29)27-20-23(18-19-31(27)37)38-30-16-8-5-13-25(30)28-21-36-35-33(34(28)38)26-14-6-9-17-32(26)39-35/h1-21H. The molecule has 0 N–H and O–H groups in total. The molecule has 9 rings (SSSR count). The SMILES string of the molecule is c1ccc(-n2c3ccccc3c3cc(-n4c5ccccc5c5cnc6sc7ccccc7c6c54)ccc32)cc1. The summed E-state index contributed by atoms with van der Waals surface area (Å²) in [6.07, 6.45) is 2.06. The van der Waals surface area contributed by atoms with Crippen molar-refractivity contribution in [3.63, 3.8) is 0 Å². The van der Waals surface area contributed by atoms with Crippen molar-refractivity contribution in [3.8, 4) is 11.4 Å². The van der Waals surface area contributed by atoms with Crippen LogP contribution in [0.2, 0.25) is 0 Å². The molecule has 0 spiro atoms. The lowest BCUT2D eigenvalue weighted by molar-refractivity contribution is 1.17. The predicted molar refractivity (Wildman–Crippen MR) is 166 cm³/mol. The minimum atomic E-state index is 1.08. The highest BCUT2D eigenvalue weighted by molar-refractivity contribution is 7.25. The van der Waals surface area contributed by atoms with E-state index >= 15 is 0 Å². The Morgan fingerprint density at radius 3 is 1.95 bits per heavy atom. The van der Waals surface area contributed by atoms with E-state index in [2.05, 4.69) is 137 Å². The van der Waals surface area contributed by atoms with Gasteiger partial charge in [-0.2, -0.15) is 0 Å². The average Bonchev–Trinajstić information content (AvgIpc) is 3.65. The number of para-hydroxylation sites is 3. The van der Waals surface area contributed by atoms with E-state index in [1.54, 1.807) is 11.3 Å². The van der Waals surface area contributed by atoms with Crippen molar-refractivity contribution in [1.82, 2.24) is 14.1 Å². The first-order valence-electron chi connectivity index (χ1n) is 13.2. The number of fused-ring (bicyclic) bond motifs is 10. The van der Waals surface area contributed by atoms with Crippen molar-refractivity contribution in [3.05, 3.63) is 128 Å². The highest BCUT2D eigenvalue weighted by Gasteiger charge is 2.20. The van der Waals surface area contributed by atoms with Gasteiger partial charge in [0.05, 0.1) is 22.1 Å². The van der Waals surface area contributed by atoms with Gasteiger partial charge in [0.2, 0.25) is 0 Å². The van der Waals surface area contributed by atoms with Crippen LogP contribution in [0.4, 0.5) is 0 Å². The summed E-state index contributed by atoms with van der Waals surface area (Å²) in [7, 11) is 0. The molecule has 9 aromatic rings. The van der Waals surface area contributed by atoms with Gasteiger partial charge >= 0.3 is 0 Å². The number of thiophene rings is 1. The number of nitrogens with zero attached hydrogens (tertiary/aromatic N) is 3. The molecule has 0 radical (unpaired) electrons. The zero-order valence-corrected chi connectivity index (χ0v) is 21.7. The van der Waals surface area contributed by atoms with E-state index in [4.69, 9.17) is 4.98 Å². The quantitative estimate of drug-likeness (QED) is 0.225. The smallest absolute Gasteiger partial charge is 0.126 e. The molecule has 0 unspecified atom stereocenters. The van der Waals surface area contributed by atoms with Crippen LogP contribution in [0.3, 0.4) is 0 Å². The fraction of sp³-hybridized carbons (Fsp3) is 0. The van der Waals surface area contributed by atoms with Crippen LogP contribution in [0.15, 0.2) is 128 Å². The second-order valence-electron chi connectivity index (χ2n) is 10.0. The summed E-state index contributed by atoms with van der Waals surface area (Å²) in [4.78, 5) is 6.01. The van der Waals surface area contributed by atoms with Crippen LogP contribution >= 0.6 is 11.3 Å². The Hall–Kier alpha value is -4.93. The lowest BCUT2D eigenvalue weighted by atomic mass is 10.1. The average molecular weight is 516 g/mol. The van der Waals surface area contributed by atoms with Crippen LogP contribution in [0.25, 0.3) is 75.3 Å². The molecular weight excluding hydrogens is 494 g/mol. The molecule has 0 saturated heterocycles. The Bertz CT molecular complexity index is 2390. The lowest BCUT2D eigenvalue weighted by Gasteiger charge is -2.11. The summed E-state index contributed by atoms with van der Waals surface area (Å²) in [5.41, 5.74) is 7.18. The van der Waals surface area contributed by atoms with E-state index in [1.807, 2.05) is 0 Å². The summed E-state index contributed by atoms with van der Waals surface area (Å²) in [5.74, 6) is 0. The number of benzene rings is 5. The van der Waals surface area contributed by atoms with E-state index in [9.17, 15) is 0 Å². The highest BCUT2D eigenvalue weighted by atomic mass is 32.1. The van der Waals surface area contributed by atoms with Crippen LogP contribution in [-0.2, 0) is 0 Å². The van der Waals surface area contributed by atoms with Gasteiger partial charge < -0.3 is 9.13 Å². The number of aromatic nitrogens is 3.